The molecule has 1 N–H and O–H groups in total. The lowest BCUT2D eigenvalue weighted by Gasteiger charge is -2.36. The molecule has 0 saturated carbocycles. The topological polar surface area (TPSA) is 30.5 Å². The molecule has 2 heterocycles. The van der Waals surface area contributed by atoms with Gasteiger partial charge in [-0.3, -0.25) is 0 Å². The minimum Gasteiger partial charge on any atom is -0.375 e. The van der Waals surface area contributed by atoms with Gasteiger partial charge in [0.25, 0.3) is 0 Å². The molecule has 0 aliphatic carbocycles. The van der Waals surface area contributed by atoms with Crippen molar-refractivity contribution in [3.8, 4) is 0 Å². The molecule has 3 unspecified atom stereocenters. The Balaban J connectivity index is 1.69. The Morgan fingerprint density at radius 3 is 2.69 bits per heavy atom. The van der Waals surface area contributed by atoms with Crippen LogP contribution in [0.4, 0.5) is 0 Å². The fraction of sp³-hybridized carbons (Fsp3) is 1.00. The fourth-order valence-electron chi connectivity index (χ4n) is 2.74. The van der Waals surface area contributed by atoms with Gasteiger partial charge in [-0.15, -0.1) is 0 Å². The summed E-state index contributed by atoms with van der Waals surface area (Å²) in [5.41, 5.74) is 0.0414. The second-order valence-electron chi connectivity index (χ2n) is 5.85. The lowest BCUT2D eigenvalue weighted by Crippen LogP contribution is -2.45. The summed E-state index contributed by atoms with van der Waals surface area (Å²) in [4.78, 5) is 0. The van der Waals surface area contributed by atoms with Crippen LogP contribution in [0, 0.1) is 0 Å². The first kappa shape index (κ1) is 12.3. The van der Waals surface area contributed by atoms with Crippen molar-refractivity contribution < 1.29 is 9.47 Å². The molecule has 0 spiro atoms. The van der Waals surface area contributed by atoms with Crippen LogP contribution in [0.15, 0.2) is 0 Å². The molecule has 0 radical (unpaired) electrons. The summed E-state index contributed by atoms with van der Waals surface area (Å²) in [5, 5.41) is 3.63. The number of ether oxygens (including phenoxy) is 2. The number of hydrogen-bond donors (Lipinski definition) is 1. The number of rotatable bonds is 3. The maximum atomic E-state index is 5.81. The van der Waals surface area contributed by atoms with Gasteiger partial charge in [-0.25, -0.2) is 0 Å². The molecule has 0 aromatic carbocycles. The SMILES string of the molecule is CC1CCC(CNC2CCOC(C)(C)C2)O1. The van der Waals surface area contributed by atoms with Crippen LogP contribution >= 0.6 is 0 Å². The first-order chi connectivity index (χ1) is 7.55. The Bertz CT molecular complexity index is 230. The molecule has 3 nitrogen and oxygen atoms in total. The second kappa shape index (κ2) is 5.03. The van der Waals surface area contributed by atoms with Crippen LogP contribution in [-0.4, -0.2) is 37.0 Å². The van der Waals surface area contributed by atoms with Crippen LogP contribution in [0.25, 0.3) is 0 Å². The van der Waals surface area contributed by atoms with E-state index in [0.29, 0.717) is 18.2 Å². The lowest BCUT2D eigenvalue weighted by atomic mass is 9.94. The highest BCUT2D eigenvalue weighted by Crippen LogP contribution is 2.24. The summed E-state index contributed by atoms with van der Waals surface area (Å²) in [7, 11) is 0. The van der Waals surface area contributed by atoms with Crippen LogP contribution in [0.3, 0.4) is 0 Å². The van der Waals surface area contributed by atoms with Crippen molar-refractivity contribution in [2.45, 2.75) is 70.3 Å². The summed E-state index contributed by atoms with van der Waals surface area (Å²) in [6, 6.07) is 0.600. The Morgan fingerprint density at radius 1 is 1.25 bits per heavy atom. The van der Waals surface area contributed by atoms with Gasteiger partial charge in [0.1, 0.15) is 0 Å². The summed E-state index contributed by atoms with van der Waals surface area (Å²) in [6.07, 6.45) is 5.55. The standard InChI is InChI=1S/C13H25NO2/c1-10-4-5-12(16-10)9-14-11-6-7-15-13(2,3)8-11/h10-12,14H,4-9H2,1-3H3. The van der Waals surface area contributed by atoms with Gasteiger partial charge in [0, 0.05) is 19.2 Å². The van der Waals surface area contributed by atoms with Gasteiger partial charge >= 0.3 is 0 Å². The predicted octanol–water partition coefficient (Wildman–Crippen LogP) is 2.10. The Hall–Kier alpha value is -0.120. The molecule has 0 amide bonds. The average molecular weight is 227 g/mol. The van der Waals surface area contributed by atoms with E-state index in [4.69, 9.17) is 9.47 Å². The van der Waals surface area contributed by atoms with E-state index in [-0.39, 0.29) is 5.60 Å². The molecular formula is C13H25NO2. The van der Waals surface area contributed by atoms with E-state index in [1.54, 1.807) is 0 Å². The first-order valence-electron chi connectivity index (χ1n) is 6.58. The highest BCUT2D eigenvalue weighted by molar-refractivity contribution is 4.84. The number of hydrogen-bond acceptors (Lipinski definition) is 3. The molecule has 2 saturated heterocycles. The highest BCUT2D eigenvalue weighted by Gasteiger charge is 2.29. The van der Waals surface area contributed by atoms with Crippen LogP contribution in [0.5, 0.6) is 0 Å². The molecule has 3 atom stereocenters. The molecule has 2 aliphatic rings. The van der Waals surface area contributed by atoms with E-state index < -0.39 is 0 Å². The zero-order valence-electron chi connectivity index (χ0n) is 10.8. The molecular weight excluding hydrogens is 202 g/mol. The van der Waals surface area contributed by atoms with Crippen molar-refractivity contribution in [1.29, 1.82) is 0 Å². The minimum absolute atomic E-state index is 0.0414. The van der Waals surface area contributed by atoms with Crippen LogP contribution in [0.1, 0.15) is 46.5 Å². The van der Waals surface area contributed by atoms with Gasteiger partial charge in [0.15, 0.2) is 0 Å². The quantitative estimate of drug-likeness (QED) is 0.801. The van der Waals surface area contributed by atoms with Crippen molar-refractivity contribution in [1.82, 2.24) is 5.32 Å². The van der Waals surface area contributed by atoms with Crippen molar-refractivity contribution in [3.05, 3.63) is 0 Å². The molecule has 0 aromatic rings. The van der Waals surface area contributed by atoms with Gasteiger partial charge < -0.3 is 14.8 Å². The summed E-state index contributed by atoms with van der Waals surface area (Å²) >= 11 is 0. The van der Waals surface area contributed by atoms with E-state index in [0.717, 1.165) is 26.0 Å². The highest BCUT2D eigenvalue weighted by atomic mass is 16.5. The summed E-state index contributed by atoms with van der Waals surface area (Å²) in [6.45, 7) is 8.40. The summed E-state index contributed by atoms with van der Waals surface area (Å²) in [5.74, 6) is 0. The third-order valence-corrected chi connectivity index (χ3v) is 3.65. The largest absolute Gasteiger partial charge is 0.375 e. The van der Waals surface area contributed by atoms with Gasteiger partial charge in [0.2, 0.25) is 0 Å². The van der Waals surface area contributed by atoms with E-state index in [2.05, 4.69) is 26.1 Å². The molecule has 3 heteroatoms. The zero-order valence-corrected chi connectivity index (χ0v) is 10.8. The van der Waals surface area contributed by atoms with E-state index in [9.17, 15) is 0 Å². The smallest absolute Gasteiger partial charge is 0.0704 e. The Labute approximate surface area is 98.9 Å². The normalized spacial score (nSPS) is 38.8. The van der Waals surface area contributed by atoms with Gasteiger partial charge in [-0.2, -0.15) is 0 Å². The third kappa shape index (κ3) is 3.44. The zero-order chi connectivity index (χ0) is 11.6. The summed E-state index contributed by atoms with van der Waals surface area (Å²) < 4.78 is 11.5. The van der Waals surface area contributed by atoms with Gasteiger partial charge in [0.05, 0.1) is 17.8 Å². The van der Waals surface area contributed by atoms with E-state index in [1.807, 2.05) is 0 Å². The van der Waals surface area contributed by atoms with Crippen molar-refractivity contribution in [2.24, 2.45) is 0 Å². The van der Waals surface area contributed by atoms with Crippen molar-refractivity contribution >= 4 is 0 Å². The maximum absolute atomic E-state index is 5.81. The monoisotopic (exact) mass is 227 g/mol. The van der Waals surface area contributed by atoms with Crippen LogP contribution < -0.4 is 5.32 Å². The maximum Gasteiger partial charge on any atom is 0.0704 e. The second-order valence-corrected chi connectivity index (χ2v) is 5.85. The van der Waals surface area contributed by atoms with Crippen LogP contribution in [0.2, 0.25) is 0 Å². The predicted molar refractivity (Wildman–Crippen MR) is 64.6 cm³/mol. The Kier molecular flexibility index (Phi) is 3.88. The third-order valence-electron chi connectivity index (χ3n) is 3.65. The number of nitrogens with one attached hydrogen (secondary N) is 1. The average Bonchev–Trinajstić information content (AvgIpc) is 2.60. The van der Waals surface area contributed by atoms with Gasteiger partial charge in [-0.1, -0.05) is 0 Å². The van der Waals surface area contributed by atoms with Crippen LogP contribution in [-0.2, 0) is 9.47 Å². The van der Waals surface area contributed by atoms with Gasteiger partial charge in [-0.05, 0) is 46.5 Å². The molecule has 0 bridgehead atoms. The van der Waals surface area contributed by atoms with Crippen molar-refractivity contribution in [2.75, 3.05) is 13.2 Å². The molecule has 94 valence electrons. The molecule has 2 rings (SSSR count). The molecule has 0 aromatic heterocycles. The first-order valence-corrected chi connectivity index (χ1v) is 6.58. The van der Waals surface area contributed by atoms with E-state index >= 15 is 0 Å². The fourth-order valence-corrected chi connectivity index (χ4v) is 2.74. The van der Waals surface area contributed by atoms with Crippen molar-refractivity contribution in [3.63, 3.8) is 0 Å². The Morgan fingerprint density at radius 2 is 2.06 bits per heavy atom. The minimum atomic E-state index is 0.0414. The molecule has 16 heavy (non-hydrogen) atoms. The molecule has 2 fully saturated rings. The van der Waals surface area contributed by atoms with E-state index in [1.165, 1.54) is 12.8 Å². The molecule has 2 aliphatic heterocycles. The lowest BCUT2D eigenvalue weighted by molar-refractivity contribution is -0.0644.